The third-order valence-electron chi connectivity index (χ3n) is 4.12. The van der Waals surface area contributed by atoms with E-state index in [2.05, 4.69) is 9.82 Å². The number of sulfonamides is 1. The molecule has 1 saturated heterocycles. The van der Waals surface area contributed by atoms with Crippen molar-refractivity contribution in [1.29, 1.82) is 0 Å². The maximum atomic E-state index is 11.5. The molecule has 1 aliphatic rings. The number of benzene rings is 1. The van der Waals surface area contributed by atoms with E-state index in [4.69, 9.17) is 4.74 Å². The van der Waals surface area contributed by atoms with Gasteiger partial charge in [0.1, 0.15) is 5.75 Å². The third kappa shape index (κ3) is 5.23. The summed E-state index contributed by atoms with van der Waals surface area (Å²) in [4.78, 5) is 0. The first-order chi connectivity index (χ1) is 11.9. The lowest BCUT2D eigenvalue weighted by Gasteiger charge is -2.31. The Kier molecular flexibility index (Phi) is 5.71. The van der Waals surface area contributed by atoms with Crippen LogP contribution in [0.1, 0.15) is 12.0 Å². The van der Waals surface area contributed by atoms with Crippen molar-refractivity contribution in [3.63, 3.8) is 0 Å². The highest BCUT2D eigenvalue weighted by atomic mass is 32.2. The number of nitrogens with one attached hydrogen (secondary N) is 1. The quantitative estimate of drug-likeness (QED) is 0.831. The Bertz CT molecular complexity index is 803. The summed E-state index contributed by atoms with van der Waals surface area (Å²) >= 11 is 1.84. The van der Waals surface area contributed by atoms with Gasteiger partial charge in [-0.3, -0.25) is 0 Å². The average molecular weight is 382 g/mol. The van der Waals surface area contributed by atoms with Crippen molar-refractivity contribution in [2.75, 3.05) is 24.4 Å². The summed E-state index contributed by atoms with van der Waals surface area (Å²) < 4.78 is 33.5. The summed E-state index contributed by atoms with van der Waals surface area (Å²) in [6.45, 7) is 2.50. The molecule has 6 nitrogen and oxygen atoms in total. The van der Waals surface area contributed by atoms with E-state index >= 15 is 0 Å². The zero-order valence-corrected chi connectivity index (χ0v) is 16.0. The second-order valence-electron chi connectivity index (χ2n) is 6.39. The van der Waals surface area contributed by atoms with E-state index in [1.165, 1.54) is 6.26 Å². The molecule has 1 aliphatic heterocycles. The van der Waals surface area contributed by atoms with E-state index < -0.39 is 10.0 Å². The van der Waals surface area contributed by atoms with Crippen LogP contribution in [-0.2, 0) is 10.0 Å². The molecule has 1 aromatic heterocycles. The second kappa shape index (κ2) is 7.80. The molecule has 0 radical (unpaired) electrons. The first kappa shape index (κ1) is 18.3. The Hall–Kier alpha value is -1.51. The van der Waals surface area contributed by atoms with Crippen LogP contribution in [0.5, 0.6) is 5.75 Å². The van der Waals surface area contributed by atoms with Crippen LogP contribution >= 0.6 is 11.8 Å². The van der Waals surface area contributed by atoms with Crippen molar-refractivity contribution in [3.05, 3.63) is 42.2 Å². The van der Waals surface area contributed by atoms with Crippen molar-refractivity contribution in [3.8, 4) is 11.4 Å². The molecule has 1 aromatic carbocycles. The van der Waals surface area contributed by atoms with Gasteiger partial charge in [-0.2, -0.15) is 16.9 Å². The van der Waals surface area contributed by atoms with Crippen LogP contribution in [0.25, 0.3) is 5.69 Å². The molecule has 0 unspecified atom stereocenters. The van der Waals surface area contributed by atoms with Gasteiger partial charge >= 0.3 is 0 Å². The van der Waals surface area contributed by atoms with E-state index in [-0.39, 0.29) is 12.0 Å². The molecule has 0 amide bonds. The predicted molar refractivity (Wildman–Crippen MR) is 101 cm³/mol. The van der Waals surface area contributed by atoms with Crippen LogP contribution in [0.2, 0.25) is 0 Å². The summed E-state index contributed by atoms with van der Waals surface area (Å²) in [6, 6.07) is 7.71. The number of nitrogens with zero attached hydrogens (tertiary/aromatic N) is 2. The van der Waals surface area contributed by atoms with Gasteiger partial charge in [-0.25, -0.2) is 17.8 Å². The molecule has 25 heavy (non-hydrogen) atoms. The minimum Gasteiger partial charge on any atom is -0.493 e. The van der Waals surface area contributed by atoms with E-state index in [1.807, 2.05) is 60.0 Å². The van der Waals surface area contributed by atoms with Gasteiger partial charge in [0, 0.05) is 23.9 Å². The summed E-state index contributed by atoms with van der Waals surface area (Å²) in [5, 5.41) is 4.29. The fourth-order valence-electron chi connectivity index (χ4n) is 2.84. The number of hydrogen-bond acceptors (Lipinski definition) is 5. The van der Waals surface area contributed by atoms with Crippen LogP contribution in [0.4, 0.5) is 0 Å². The van der Waals surface area contributed by atoms with E-state index in [9.17, 15) is 8.42 Å². The lowest BCUT2D eigenvalue weighted by molar-refractivity contribution is 0.229. The zero-order valence-electron chi connectivity index (χ0n) is 14.4. The van der Waals surface area contributed by atoms with Gasteiger partial charge in [-0.1, -0.05) is 0 Å². The smallest absolute Gasteiger partial charge is 0.208 e. The minimum absolute atomic E-state index is 0.0532. The van der Waals surface area contributed by atoms with E-state index in [1.54, 1.807) is 0 Å². The molecule has 8 heteroatoms. The molecule has 0 bridgehead atoms. The molecule has 2 aromatic rings. The molecule has 0 aliphatic carbocycles. The standard InChI is InChI=1S/C17H23N3O3S2/c1-13-9-18-20(10-13)15-3-5-16(6-4-15)23-11-14-12-24-8-7-17(14)19-25(2,21)22/h3-6,9-10,14,17,19H,7-8,11-12H2,1-2H3/t14-,17-/m0/s1. The summed E-state index contributed by atoms with van der Waals surface area (Å²) in [5.74, 6) is 2.82. The number of ether oxygens (including phenoxy) is 1. The topological polar surface area (TPSA) is 73.2 Å². The second-order valence-corrected chi connectivity index (χ2v) is 9.32. The monoisotopic (exact) mass is 381 g/mol. The Balaban J connectivity index is 1.60. The summed E-state index contributed by atoms with van der Waals surface area (Å²) in [6.07, 6.45) is 5.84. The Labute approximate surface area is 153 Å². The Morgan fingerprint density at radius 1 is 1.36 bits per heavy atom. The van der Waals surface area contributed by atoms with Gasteiger partial charge in [0.05, 0.1) is 24.7 Å². The van der Waals surface area contributed by atoms with Crippen LogP contribution in [0, 0.1) is 12.8 Å². The lowest BCUT2D eigenvalue weighted by Crippen LogP contribution is -2.45. The normalized spacial score (nSPS) is 21.2. The highest BCUT2D eigenvalue weighted by Crippen LogP contribution is 2.25. The predicted octanol–water partition coefficient (Wildman–Crippen LogP) is 2.23. The maximum Gasteiger partial charge on any atom is 0.208 e. The summed E-state index contributed by atoms with van der Waals surface area (Å²) in [7, 11) is -3.20. The van der Waals surface area contributed by atoms with Gasteiger partial charge in [0.25, 0.3) is 0 Å². The van der Waals surface area contributed by atoms with Gasteiger partial charge in [-0.15, -0.1) is 0 Å². The van der Waals surface area contributed by atoms with Gasteiger partial charge in [0.2, 0.25) is 10.0 Å². The maximum absolute atomic E-state index is 11.5. The fourth-order valence-corrected chi connectivity index (χ4v) is 4.92. The third-order valence-corrected chi connectivity index (χ3v) is 6.04. The first-order valence-corrected chi connectivity index (χ1v) is 11.2. The Morgan fingerprint density at radius 2 is 2.12 bits per heavy atom. The zero-order chi connectivity index (χ0) is 17.9. The molecule has 3 rings (SSSR count). The van der Waals surface area contributed by atoms with Crippen molar-refractivity contribution in [2.45, 2.75) is 19.4 Å². The largest absolute Gasteiger partial charge is 0.493 e. The number of aryl methyl sites for hydroxylation is 1. The fraction of sp³-hybridized carbons (Fsp3) is 0.471. The molecule has 0 spiro atoms. The van der Waals surface area contributed by atoms with Crippen molar-refractivity contribution >= 4 is 21.8 Å². The average Bonchev–Trinajstić information content (AvgIpc) is 3.00. The van der Waals surface area contributed by atoms with Crippen LogP contribution < -0.4 is 9.46 Å². The van der Waals surface area contributed by atoms with Crippen LogP contribution in [-0.4, -0.2) is 48.6 Å². The van der Waals surface area contributed by atoms with Crippen molar-refractivity contribution in [2.24, 2.45) is 5.92 Å². The molecule has 1 fully saturated rings. The first-order valence-electron chi connectivity index (χ1n) is 8.20. The number of hydrogen-bond donors (Lipinski definition) is 1. The molecule has 0 saturated carbocycles. The number of rotatable bonds is 6. The molecular formula is C17H23N3O3S2. The minimum atomic E-state index is -3.20. The highest BCUT2D eigenvalue weighted by Gasteiger charge is 2.28. The molecule has 2 heterocycles. The van der Waals surface area contributed by atoms with Crippen LogP contribution in [0.15, 0.2) is 36.7 Å². The highest BCUT2D eigenvalue weighted by molar-refractivity contribution is 7.99. The lowest BCUT2D eigenvalue weighted by atomic mass is 10.0. The van der Waals surface area contributed by atoms with Crippen LogP contribution in [0.3, 0.4) is 0 Å². The van der Waals surface area contributed by atoms with Gasteiger partial charge in [-0.05, 0) is 48.9 Å². The Morgan fingerprint density at radius 3 is 2.76 bits per heavy atom. The molecule has 1 N–H and O–H groups in total. The van der Waals surface area contributed by atoms with Crippen molar-refractivity contribution < 1.29 is 13.2 Å². The van der Waals surface area contributed by atoms with Crippen molar-refractivity contribution in [1.82, 2.24) is 14.5 Å². The summed E-state index contributed by atoms with van der Waals surface area (Å²) in [5.41, 5.74) is 2.09. The SMILES string of the molecule is Cc1cnn(-c2ccc(OC[C@H]3CSCC[C@@H]3NS(C)(=O)=O)cc2)c1. The molecule has 2 atom stereocenters. The van der Waals surface area contributed by atoms with Gasteiger partial charge in [0.15, 0.2) is 0 Å². The number of thioether (sulfide) groups is 1. The number of aromatic nitrogens is 2. The van der Waals surface area contributed by atoms with Gasteiger partial charge < -0.3 is 4.74 Å². The van der Waals surface area contributed by atoms with E-state index in [0.29, 0.717) is 6.61 Å². The molecular weight excluding hydrogens is 358 g/mol. The molecule has 136 valence electrons. The van der Waals surface area contributed by atoms with E-state index in [0.717, 1.165) is 34.9 Å².